The minimum atomic E-state index is -0.141. The third-order valence-corrected chi connectivity index (χ3v) is 5.68. The summed E-state index contributed by atoms with van der Waals surface area (Å²) in [6.45, 7) is 14.8. The van der Waals surface area contributed by atoms with Crippen LogP contribution < -0.4 is 5.32 Å². The van der Waals surface area contributed by atoms with E-state index in [9.17, 15) is 5.11 Å². The first-order valence-corrected chi connectivity index (χ1v) is 8.54. The van der Waals surface area contributed by atoms with E-state index in [1.54, 1.807) is 0 Å². The SMILES string of the molecule is CCNC(C)(CO)CC(C)N1CCC(CC)(CC)CC1. The Morgan fingerprint density at radius 3 is 2.15 bits per heavy atom. The van der Waals surface area contributed by atoms with Gasteiger partial charge in [-0.1, -0.05) is 33.6 Å². The van der Waals surface area contributed by atoms with Crippen LogP contribution in [0, 0.1) is 5.41 Å². The molecule has 0 amide bonds. The highest BCUT2D eigenvalue weighted by Gasteiger charge is 2.34. The van der Waals surface area contributed by atoms with Crippen molar-refractivity contribution in [1.29, 1.82) is 0 Å². The fourth-order valence-electron chi connectivity index (χ4n) is 3.80. The van der Waals surface area contributed by atoms with E-state index in [1.165, 1.54) is 38.8 Å². The molecule has 1 fully saturated rings. The van der Waals surface area contributed by atoms with Gasteiger partial charge in [-0.05, 0) is 58.2 Å². The number of hydrogen-bond acceptors (Lipinski definition) is 3. The average Bonchev–Trinajstić information content (AvgIpc) is 2.47. The third-order valence-electron chi connectivity index (χ3n) is 5.68. The lowest BCUT2D eigenvalue weighted by molar-refractivity contribution is 0.0508. The van der Waals surface area contributed by atoms with Gasteiger partial charge in [0.15, 0.2) is 0 Å². The number of nitrogens with zero attached hydrogens (tertiary/aromatic N) is 1. The first kappa shape index (κ1) is 17.9. The lowest BCUT2D eigenvalue weighted by Gasteiger charge is -2.45. The van der Waals surface area contributed by atoms with Crippen molar-refractivity contribution in [3.63, 3.8) is 0 Å². The molecule has 0 saturated carbocycles. The van der Waals surface area contributed by atoms with Gasteiger partial charge in [0.1, 0.15) is 0 Å². The van der Waals surface area contributed by atoms with Crippen molar-refractivity contribution in [3.05, 3.63) is 0 Å². The van der Waals surface area contributed by atoms with Crippen molar-refractivity contribution in [2.75, 3.05) is 26.2 Å². The molecular formula is C17H36N2O. The van der Waals surface area contributed by atoms with Crippen LogP contribution in [-0.2, 0) is 0 Å². The van der Waals surface area contributed by atoms with E-state index in [2.05, 4.69) is 44.8 Å². The maximum Gasteiger partial charge on any atom is 0.0611 e. The number of likely N-dealkylation sites (tertiary alicyclic amines) is 1. The van der Waals surface area contributed by atoms with Crippen molar-refractivity contribution in [1.82, 2.24) is 10.2 Å². The summed E-state index contributed by atoms with van der Waals surface area (Å²) >= 11 is 0. The fraction of sp³-hybridized carbons (Fsp3) is 1.00. The van der Waals surface area contributed by atoms with Gasteiger partial charge in [-0.15, -0.1) is 0 Å². The van der Waals surface area contributed by atoms with E-state index < -0.39 is 0 Å². The molecule has 0 radical (unpaired) electrons. The van der Waals surface area contributed by atoms with Crippen molar-refractivity contribution < 1.29 is 5.11 Å². The molecule has 0 aromatic rings. The number of aliphatic hydroxyl groups excluding tert-OH is 1. The van der Waals surface area contributed by atoms with E-state index in [1.807, 2.05) is 0 Å². The monoisotopic (exact) mass is 284 g/mol. The van der Waals surface area contributed by atoms with Crippen LogP contribution in [0.15, 0.2) is 0 Å². The van der Waals surface area contributed by atoms with Gasteiger partial charge in [0.25, 0.3) is 0 Å². The van der Waals surface area contributed by atoms with Gasteiger partial charge in [0.05, 0.1) is 6.61 Å². The summed E-state index contributed by atoms with van der Waals surface area (Å²) in [4.78, 5) is 2.62. The molecule has 20 heavy (non-hydrogen) atoms. The second-order valence-electron chi connectivity index (χ2n) is 7.05. The Labute approximate surface area is 126 Å². The number of likely N-dealkylation sites (N-methyl/N-ethyl adjacent to an activating group) is 1. The topological polar surface area (TPSA) is 35.5 Å². The second kappa shape index (κ2) is 7.77. The largest absolute Gasteiger partial charge is 0.394 e. The minimum absolute atomic E-state index is 0.141. The molecule has 0 aromatic heterocycles. The summed E-state index contributed by atoms with van der Waals surface area (Å²) in [5.41, 5.74) is 0.455. The quantitative estimate of drug-likeness (QED) is 0.719. The molecule has 2 N–H and O–H groups in total. The van der Waals surface area contributed by atoms with Crippen LogP contribution in [0.5, 0.6) is 0 Å². The third kappa shape index (κ3) is 4.44. The van der Waals surface area contributed by atoms with Gasteiger partial charge >= 0.3 is 0 Å². The standard InChI is InChI=1S/C17H36N2O/c1-6-17(7-2)9-11-19(12-10-17)15(4)13-16(5,14-20)18-8-3/h15,18,20H,6-14H2,1-5H3. The Morgan fingerprint density at radius 2 is 1.75 bits per heavy atom. The zero-order valence-corrected chi connectivity index (χ0v) is 14.3. The lowest BCUT2D eigenvalue weighted by Crippen LogP contribution is -2.52. The predicted molar refractivity (Wildman–Crippen MR) is 87.1 cm³/mol. The van der Waals surface area contributed by atoms with Crippen LogP contribution in [0.3, 0.4) is 0 Å². The van der Waals surface area contributed by atoms with Crippen molar-refractivity contribution >= 4 is 0 Å². The Hall–Kier alpha value is -0.120. The molecule has 0 aromatic carbocycles. The zero-order chi connectivity index (χ0) is 15.2. The van der Waals surface area contributed by atoms with Crippen LogP contribution in [-0.4, -0.2) is 47.8 Å². The van der Waals surface area contributed by atoms with Crippen LogP contribution in [0.4, 0.5) is 0 Å². The lowest BCUT2D eigenvalue weighted by atomic mass is 9.74. The van der Waals surface area contributed by atoms with E-state index in [0.29, 0.717) is 11.5 Å². The molecule has 2 atom stereocenters. The summed E-state index contributed by atoms with van der Waals surface area (Å²) in [7, 11) is 0. The van der Waals surface area contributed by atoms with Crippen LogP contribution >= 0.6 is 0 Å². The molecule has 1 rings (SSSR count). The van der Waals surface area contributed by atoms with E-state index in [0.717, 1.165) is 13.0 Å². The van der Waals surface area contributed by atoms with Crippen LogP contribution in [0.2, 0.25) is 0 Å². The van der Waals surface area contributed by atoms with Gasteiger partial charge in [-0.25, -0.2) is 0 Å². The summed E-state index contributed by atoms with van der Waals surface area (Å²) in [5.74, 6) is 0. The van der Waals surface area contributed by atoms with Gasteiger partial charge < -0.3 is 15.3 Å². The Kier molecular flexibility index (Phi) is 6.96. The maximum absolute atomic E-state index is 9.64. The first-order chi connectivity index (χ1) is 9.44. The van der Waals surface area contributed by atoms with Crippen LogP contribution in [0.25, 0.3) is 0 Å². The normalized spacial score (nSPS) is 24.3. The highest BCUT2D eigenvalue weighted by molar-refractivity contribution is 4.90. The van der Waals surface area contributed by atoms with Crippen molar-refractivity contribution in [3.8, 4) is 0 Å². The number of aliphatic hydroxyl groups is 1. The molecule has 0 aliphatic carbocycles. The molecule has 3 nitrogen and oxygen atoms in total. The van der Waals surface area contributed by atoms with E-state index in [-0.39, 0.29) is 12.1 Å². The molecule has 1 aliphatic heterocycles. The first-order valence-electron chi connectivity index (χ1n) is 8.54. The summed E-state index contributed by atoms with van der Waals surface area (Å²) in [5, 5.41) is 13.1. The van der Waals surface area contributed by atoms with Gasteiger partial charge in [-0.3, -0.25) is 0 Å². The predicted octanol–water partition coefficient (Wildman–Crippen LogP) is 3.03. The number of hydrogen-bond donors (Lipinski definition) is 2. The zero-order valence-electron chi connectivity index (χ0n) is 14.3. The average molecular weight is 284 g/mol. The number of nitrogens with one attached hydrogen (secondary N) is 1. The highest BCUT2D eigenvalue weighted by atomic mass is 16.3. The molecule has 2 unspecified atom stereocenters. The molecule has 120 valence electrons. The Morgan fingerprint density at radius 1 is 1.20 bits per heavy atom. The molecular weight excluding hydrogens is 248 g/mol. The van der Waals surface area contributed by atoms with Crippen molar-refractivity contribution in [2.24, 2.45) is 5.41 Å². The Bertz CT molecular complexity index is 268. The molecule has 0 bridgehead atoms. The van der Waals surface area contributed by atoms with E-state index >= 15 is 0 Å². The highest BCUT2D eigenvalue weighted by Crippen LogP contribution is 2.38. The summed E-state index contributed by atoms with van der Waals surface area (Å²) < 4.78 is 0. The molecule has 0 spiro atoms. The van der Waals surface area contributed by atoms with Gasteiger partial charge in [-0.2, -0.15) is 0 Å². The van der Waals surface area contributed by atoms with Gasteiger partial charge in [0.2, 0.25) is 0 Å². The molecule has 1 saturated heterocycles. The smallest absolute Gasteiger partial charge is 0.0611 e. The summed E-state index contributed by atoms with van der Waals surface area (Å²) in [6, 6.07) is 0.540. The molecule has 3 heteroatoms. The second-order valence-corrected chi connectivity index (χ2v) is 7.05. The Balaban J connectivity index is 2.52. The van der Waals surface area contributed by atoms with Gasteiger partial charge in [0, 0.05) is 11.6 Å². The minimum Gasteiger partial charge on any atom is -0.394 e. The fourth-order valence-corrected chi connectivity index (χ4v) is 3.80. The maximum atomic E-state index is 9.64. The number of piperidine rings is 1. The molecule has 1 aliphatic rings. The summed E-state index contributed by atoms with van der Waals surface area (Å²) in [6.07, 6.45) is 6.32. The van der Waals surface area contributed by atoms with Crippen LogP contribution in [0.1, 0.15) is 66.7 Å². The molecule has 1 heterocycles. The van der Waals surface area contributed by atoms with E-state index in [4.69, 9.17) is 0 Å². The number of rotatable bonds is 8. The van der Waals surface area contributed by atoms with Crippen molar-refractivity contribution in [2.45, 2.75) is 78.3 Å².